The molecular formula is C24H18F3N3OS2. The Labute approximate surface area is 197 Å². The Kier molecular flexibility index (Phi) is 7.10. The molecule has 2 aromatic heterocycles. The van der Waals surface area contributed by atoms with E-state index in [-0.39, 0.29) is 22.5 Å². The molecule has 0 N–H and O–H groups in total. The first-order valence-electron chi connectivity index (χ1n) is 9.92. The van der Waals surface area contributed by atoms with E-state index in [1.807, 2.05) is 60.7 Å². The minimum absolute atomic E-state index is 0.0886. The lowest BCUT2D eigenvalue weighted by atomic mass is 10.2. The smallest absolute Gasteiger partial charge is 0.307 e. The summed E-state index contributed by atoms with van der Waals surface area (Å²) in [6.45, 7) is 0.341. The van der Waals surface area contributed by atoms with E-state index in [0.29, 0.717) is 17.1 Å². The lowest BCUT2D eigenvalue weighted by Gasteiger charge is -2.23. The average molecular weight is 486 g/mol. The van der Waals surface area contributed by atoms with Crippen molar-refractivity contribution in [3.63, 3.8) is 0 Å². The van der Waals surface area contributed by atoms with E-state index in [2.05, 4.69) is 9.97 Å². The molecule has 0 spiro atoms. The van der Waals surface area contributed by atoms with Crippen molar-refractivity contribution in [3.8, 4) is 10.6 Å². The molecule has 4 nitrogen and oxygen atoms in total. The average Bonchev–Trinajstić information content (AvgIpc) is 3.37. The number of carbonyl (C=O) groups is 1. The van der Waals surface area contributed by atoms with Gasteiger partial charge in [0.2, 0.25) is 5.91 Å². The van der Waals surface area contributed by atoms with E-state index >= 15 is 0 Å². The second-order valence-corrected chi connectivity index (χ2v) is 8.88. The number of anilines is 1. The molecule has 0 saturated heterocycles. The van der Waals surface area contributed by atoms with Gasteiger partial charge in [0.15, 0.2) is 5.16 Å². The Hall–Kier alpha value is -3.17. The van der Waals surface area contributed by atoms with Gasteiger partial charge in [-0.15, -0.1) is 11.3 Å². The number of alkyl halides is 3. The predicted molar refractivity (Wildman–Crippen MR) is 125 cm³/mol. The van der Waals surface area contributed by atoms with Gasteiger partial charge < -0.3 is 4.90 Å². The number of halogens is 3. The molecule has 33 heavy (non-hydrogen) atoms. The van der Waals surface area contributed by atoms with E-state index in [1.165, 1.54) is 11.3 Å². The number of thiophene rings is 1. The van der Waals surface area contributed by atoms with Gasteiger partial charge in [0, 0.05) is 5.69 Å². The summed E-state index contributed by atoms with van der Waals surface area (Å²) in [6.07, 6.45) is -4.61. The Balaban J connectivity index is 1.57. The third kappa shape index (κ3) is 6.00. The minimum atomic E-state index is -4.61. The van der Waals surface area contributed by atoms with Crippen molar-refractivity contribution in [2.45, 2.75) is 17.9 Å². The predicted octanol–water partition coefficient (Wildman–Crippen LogP) is 6.55. The van der Waals surface area contributed by atoms with Gasteiger partial charge in [0.25, 0.3) is 0 Å². The largest absolute Gasteiger partial charge is 0.433 e. The monoisotopic (exact) mass is 485 g/mol. The van der Waals surface area contributed by atoms with Crippen LogP contribution in [0.3, 0.4) is 0 Å². The van der Waals surface area contributed by atoms with Crippen LogP contribution in [0.5, 0.6) is 0 Å². The van der Waals surface area contributed by atoms with Crippen LogP contribution < -0.4 is 4.90 Å². The Bertz CT molecular complexity index is 1200. The van der Waals surface area contributed by atoms with E-state index in [9.17, 15) is 18.0 Å². The first-order valence-corrected chi connectivity index (χ1v) is 11.8. The molecule has 4 aromatic rings. The van der Waals surface area contributed by atoms with Gasteiger partial charge >= 0.3 is 6.18 Å². The maximum absolute atomic E-state index is 13.4. The Morgan fingerprint density at radius 3 is 2.27 bits per heavy atom. The number of aromatic nitrogens is 2. The quantitative estimate of drug-likeness (QED) is 0.220. The lowest BCUT2D eigenvalue weighted by Crippen LogP contribution is -2.32. The summed E-state index contributed by atoms with van der Waals surface area (Å²) >= 11 is 2.18. The number of rotatable bonds is 7. The van der Waals surface area contributed by atoms with E-state index in [1.54, 1.807) is 22.4 Å². The van der Waals surface area contributed by atoms with Crippen LogP contribution >= 0.6 is 23.1 Å². The maximum atomic E-state index is 13.4. The zero-order chi connectivity index (χ0) is 23.3. The van der Waals surface area contributed by atoms with Crippen LogP contribution in [0.2, 0.25) is 0 Å². The van der Waals surface area contributed by atoms with Gasteiger partial charge in [-0.1, -0.05) is 66.4 Å². The van der Waals surface area contributed by atoms with E-state index in [4.69, 9.17) is 0 Å². The highest BCUT2D eigenvalue weighted by atomic mass is 32.2. The maximum Gasteiger partial charge on any atom is 0.433 e. The zero-order valence-electron chi connectivity index (χ0n) is 17.2. The highest BCUT2D eigenvalue weighted by molar-refractivity contribution is 7.99. The number of hydrogen-bond acceptors (Lipinski definition) is 5. The Morgan fingerprint density at radius 2 is 1.64 bits per heavy atom. The molecule has 0 unspecified atom stereocenters. The normalized spacial score (nSPS) is 11.4. The Morgan fingerprint density at radius 1 is 0.939 bits per heavy atom. The molecule has 0 aliphatic rings. The fraction of sp³-hybridized carbons (Fsp3) is 0.125. The molecule has 0 atom stereocenters. The molecule has 0 fully saturated rings. The van der Waals surface area contributed by atoms with Crippen LogP contribution in [0, 0.1) is 0 Å². The third-order valence-corrected chi connectivity index (χ3v) is 6.37. The number of hydrogen-bond donors (Lipinski definition) is 0. The summed E-state index contributed by atoms with van der Waals surface area (Å²) in [6, 6.07) is 23.0. The molecule has 0 bridgehead atoms. The summed E-state index contributed by atoms with van der Waals surface area (Å²) in [5.41, 5.74) is 0.803. The molecule has 0 saturated carbocycles. The fourth-order valence-corrected chi connectivity index (χ4v) is 4.51. The SMILES string of the molecule is O=C(CSc1nc(-c2cccs2)cc(C(F)(F)F)n1)N(Cc1ccccc1)c1ccccc1. The number of benzene rings is 2. The summed E-state index contributed by atoms with van der Waals surface area (Å²) in [4.78, 5) is 23.3. The van der Waals surface area contributed by atoms with Gasteiger partial charge in [-0.3, -0.25) is 4.79 Å². The molecule has 2 heterocycles. The van der Waals surface area contributed by atoms with Crippen molar-refractivity contribution in [2.75, 3.05) is 10.7 Å². The minimum Gasteiger partial charge on any atom is -0.307 e. The summed E-state index contributed by atoms with van der Waals surface area (Å²) in [5.74, 6) is -0.360. The first kappa shape index (κ1) is 23.0. The second-order valence-electron chi connectivity index (χ2n) is 6.99. The fourth-order valence-electron chi connectivity index (χ4n) is 3.09. The first-order chi connectivity index (χ1) is 15.9. The molecular weight excluding hydrogens is 467 g/mol. The number of nitrogens with zero attached hydrogens (tertiary/aromatic N) is 3. The van der Waals surface area contributed by atoms with Crippen LogP contribution in [-0.4, -0.2) is 21.6 Å². The highest BCUT2D eigenvalue weighted by Crippen LogP contribution is 2.33. The zero-order valence-corrected chi connectivity index (χ0v) is 18.8. The molecule has 168 valence electrons. The van der Waals surface area contributed by atoms with E-state index in [0.717, 1.165) is 23.4 Å². The second kappa shape index (κ2) is 10.2. The molecule has 0 aliphatic carbocycles. The van der Waals surface area contributed by atoms with Crippen molar-refractivity contribution < 1.29 is 18.0 Å². The van der Waals surface area contributed by atoms with Gasteiger partial charge in [-0.05, 0) is 35.2 Å². The van der Waals surface area contributed by atoms with Crippen LogP contribution in [0.4, 0.5) is 18.9 Å². The molecule has 4 rings (SSSR count). The number of amides is 1. The van der Waals surface area contributed by atoms with Crippen molar-refractivity contribution in [1.29, 1.82) is 0 Å². The molecule has 1 amide bonds. The van der Waals surface area contributed by atoms with Crippen LogP contribution in [-0.2, 0) is 17.5 Å². The lowest BCUT2D eigenvalue weighted by molar-refractivity contribution is -0.141. The standard InChI is InChI=1S/C24H18F3N3OS2/c25-24(26,27)21-14-19(20-12-7-13-32-20)28-23(29-21)33-16-22(31)30(18-10-5-2-6-11-18)15-17-8-3-1-4-9-17/h1-14H,15-16H2. The van der Waals surface area contributed by atoms with Crippen LogP contribution in [0.25, 0.3) is 10.6 Å². The summed E-state index contributed by atoms with van der Waals surface area (Å²) < 4.78 is 40.2. The van der Waals surface area contributed by atoms with E-state index < -0.39 is 11.9 Å². The number of carbonyl (C=O) groups excluding carboxylic acids is 1. The molecule has 0 radical (unpaired) electrons. The molecule has 0 aliphatic heterocycles. The van der Waals surface area contributed by atoms with Crippen LogP contribution in [0.1, 0.15) is 11.3 Å². The van der Waals surface area contributed by atoms with Gasteiger partial charge in [0.05, 0.1) is 22.9 Å². The summed E-state index contributed by atoms with van der Waals surface area (Å²) in [5, 5.41) is 1.68. The van der Waals surface area contributed by atoms with Gasteiger partial charge in [0.1, 0.15) is 5.69 Å². The van der Waals surface area contributed by atoms with Crippen LogP contribution in [0.15, 0.2) is 89.4 Å². The molecule has 2 aromatic carbocycles. The topological polar surface area (TPSA) is 46.1 Å². The van der Waals surface area contributed by atoms with Crippen molar-refractivity contribution in [2.24, 2.45) is 0 Å². The number of thioether (sulfide) groups is 1. The van der Waals surface area contributed by atoms with Gasteiger partial charge in [-0.2, -0.15) is 13.2 Å². The summed E-state index contributed by atoms with van der Waals surface area (Å²) in [7, 11) is 0. The molecule has 9 heteroatoms. The van der Waals surface area contributed by atoms with Crippen molar-refractivity contribution >= 4 is 34.7 Å². The third-order valence-electron chi connectivity index (χ3n) is 4.65. The van der Waals surface area contributed by atoms with Crippen molar-refractivity contribution in [3.05, 3.63) is 95.5 Å². The van der Waals surface area contributed by atoms with Gasteiger partial charge in [-0.25, -0.2) is 9.97 Å². The number of para-hydroxylation sites is 1. The van der Waals surface area contributed by atoms with Crippen molar-refractivity contribution in [1.82, 2.24) is 9.97 Å². The highest BCUT2D eigenvalue weighted by Gasteiger charge is 2.34.